The Morgan fingerprint density at radius 3 is 3.10 bits per heavy atom. The number of fused-ring (bicyclic) bond motifs is 1. The lowest BCUT2D eigenvalue weighted by molar-refractivity contribution is 0.244. The first kappa shape index (κ1) is 14.5. The number of alkyl halides is 1. The van der Waals surface area contributed by atoms with Gasteiger partial charge in [0.1, 0.15) is 18.1 Å². The minimum atomic E-state index is 0.350. The van der Waals surface area contributed by atoms with Gasteiger partial charge in [-0.3, -0.25) is 0 Å². The molecule has 1 atom stereocenters. The van der Waals surface area contributed by atoms with E-state index in [1.54, 1.807) is 0 Å². The predicted octanol–water partition coefficient (Wildman–Crippen LogP) is 2.04. The van der Waals surface area contributed by atoms with Crippen LogP contribution in [0, 0.1) is 0 Å². The topological polar surface area (TPSA) is 41.6 Å². The summed E-state index contributed by atoms with van der Waals surface area (Å²) in [7, 11) is 0. The summed E-state index contributed by atoms with van der Waals surface area (Å²) in [6.45, 7) is 3.16. The van der Waals surface area contributed by atoms with Crippen LogP contribution in [0.1, 0.15) is 24.0 Å². The van der Waals surface area contributed by atoms with Gasteiger partial charge in [0.05, 0.1) is 5.88 Å². The first-order chi connectivity index (χ1) is 10.3. The van der Waals surface area contributed by atoms with Crippen molar-refractivity contribution in [2.24, 2.45) is 0 Å². The molecule has 21 heavy (non-hydrogen) atoms. The third kappa shape index (κ3) is 2.80. The Morgan fingerprint density at radius 1 is 1.48 bits per heavy atom. The van der Waals surface area contributed by atoms with Crippen molar-refractivity contribution < 1.29 is 9.53 Å². The smallest absolute Gasteiger partial charge is 0.151 e. The highest BCUT2D eigenvalue weighted by Crippen LogP contribution is 2.38. The number of halogens is 1. The van der Waals surface area contributed by atoms with Crippen molar-refractivity contribution in [3.05, 3.63) is 29.3 Å². The second-order valence-electron chi connectivity index (χ2n) is 5.40. The van der Waals surface area contributed by atoms with E-state index >= 15 is 0 Å². The molecule has 112 valence electrons. The molecule has 2 aliphatic heterocycles. The predicted molar refractivity (Wildman–Crippen MR) is 83.2 cm³/mol. The number of rotatable bonds is 4. The summed E-state index contributed by atoms with van der Waals surface area (Å²) in [5, 5.41) is 3.40. The van der Waals surface area contributed by atoms with Gasteiger partial charge in [0, 0.05) is 30.3 Å². The summed E-state index contributed by atoms with van der Waals surface area (Å²) in [5.41, 5.74) is 2.68. The van der Waals surface area contributed by atoms with Crippen molar-refractivity contribution >= 4 is 23.2 Å². The molecule has 0 bridgehead atoms. The van der Waals surface area contributed by atoms with Gasteiger partial charge >= 0.3 is 0 Å². The Hall–Kier alpha value is -1.48. The molecular weight excluding hydrogens is 288 g/mol. The van der Waals surface area contributed by atoms with Gasteiger partial charge in [-0.2, -0.15) is 0 Å². The summed E-state index contributed by atoms with van der Waals surface area (Å²) < 4.78 is 5.71. The van der Waals surface area contributed by atoms with Crippen LogP contribution in [0.5, 0.6) is 5.75 Å². The highest BCUT2D eigenvalue weighted by atomic mass is 35.5. The molecule has 5 heteroatoms. The molecule has 0 spiro atoms. The Morgan fingerprint density at radius 2 is 2.38 bits per heavy atom. The summed E-state index contributed by atoms with van der Waals surface area (Å²) in [5.74, 6) is 3.41. The quantitative estimate of drug-likeness (QED) is 0.683. The van der Waals surface area contributed by atoms with Crippen LogP contribution in [0.2, 0.25) is 0 Å². The van der Waals surface area contributed by atoms with Gasteiger partial charge in [-0.05, 0) is 25.5 Å². The molecular formula is C16H19ClN2O2. The molecule has 1 N–H and O–H groups in total. The SMILES string of the molecule is O=C=C1c2cccc(OCCCl)c2CN1C1CCCNC1. The molecule has 1 saturated heterocycles. The second kappa shape index (κ2) is 6.52. The monoisotopic (exact) mass is 306 g/mol. The fourth-order valence-corrected chi connectivity index (χ4v) is 3.24. The van der Waals surface area contributed by atoms with Crippen LogP contribution in [0.4, 0.5) is 0 Å². The van der Waals surface area contributed by atoms with Gasteiger partial charge in [0.2, 0.25) is 0 Å². The number of benzene rings is 1. The van der Waals surface area contributed by atoms with Gasteiger partial charge in [0.25, 0.3) is 0 Å². The van der Waals surface area contributed by atoms with Crippen molar-refractivity contribution in [2.75, 3.05) is 25.6 Å². The van der Waals surface area contributed by atoms with Crippen LogP contribution in [0.25, 0.3) is 5.70 Å². The van der Waals surface area contributed by atoms with Crippen LogP contribution < -0.4 is 10.1 Å². The molecule has 1 aromatic carbocycles. The van der Waals surface area contributed by atoms with Crippen LogP contribution >= 0.6 is 11.6 Å². The minimum absolute atomic E-state index is 0.350. The first-order valence-electron chi connectivity index (χ1n) is 7.38. The summed E-state index contributed by atoms with van der Waals surface area (Å²) in [6.07, 6.45) is 2.24. The molecule has 1 unspecified atom stereocenters. The number of carbonyl (C=O) groups excluding carboxylic acids is 1. The number of hydrogen-bond donors (Lipinski definition) is 1. The molecule has 2 heterocycles. The van der Waals surface area contributed by atoms with Crippen molar-refractivity contribution in [2.45, 2.75) is 25.4 Å². The van der Waals surface area contributed by atoms with Crippen LogP contribution in [0.3, 0.4) is 0 Å². The van der Waals surface area contributed by atoms with E-state index in [1.165, 1.54) is 0 Å². The second-order valence-corrected chi connectivity index (χ2v) is 5.78. The molecule has 1 aromatic rings. The largest absolute Gasteiger partial charge is 0.492 e. The molecule has 3 rings (SSSR count). The van der Waals surface area contributed by atoms with Gasteiger partial charge in [-0.25, -0.2) is 4.79 Å². The zero-order chi connectivity index (χ0) is 14.7. The van der Waals surface area contributed by atoms with E-state index in [-0.39, 0.29) is 0 Å². The van der Waals surface area contributed by atoms with E-state index < -0.39 is 0 Å². The maximum absolute atomic E-state index is 11.5. The molecule has 4 nitrogen and oxygen atoms in total. The highest BCUT2D eigenvalue weighted by molar-refractivity contribution is 6.18. The maximum atomic E-state index is 11.5. The van der Waals surface area contributed by atoms with E-state index in [4.69, 9.17) is 16.3 Å². The number of hydrogen-bond acceptors (Lipinski definition) is 4. The summed E-state index contributed by atoms with van der Waals surface area (Å²) in [4.78, 5) is 13.6. The number of nitrogens with one attached hydrogen (secondary N) is 1. The molecule has 1 fully saturated rings. The zero-order valence-corrected chi connectivity index (χ0v) is 12.7. The Balaban J connectivity index is 1.89. The van der Waals surface area contributed by atoms with Crippen molar-refractivity contribution in [3.8, 4) is 5.75 Å². The maximum Gasteiger partial charge on any atom is 0.151 e. The van der Waals surface area contributed by atoms with Gasteiger partial charge in [-0.15, -0.1) is 11.6 Å². The lowest BCUT2D eigenvalue weighted by Gasteiger charge is -2.32. The van der Waals surface area contributed by atoms with E-state index in [1.807, 2.05) is 18.2 Å². The van der Waals surface area contributed by atoms with Crippen LogP contribution in [-0.4, -0.2) is 42.5 Å². The molecule has 0 aliphatic carbocycles. The van der Waals surface area contributed by atoms with Crippen LogP contribution in [-0.2, 0) is 11.3 Å². The van der Waals surface area contributed by atoms with Gasteiger partial charge < -0.3 is 15.0 Å². The van der Waals surface area contributed by atoms with Crippen LogP contribution in [0.15, 0.2) is 18.2 Å². The van der Waals surface area contributed by atoms with E-state index in [0.717, 1.165) is 42.8 Å². The lowest BCUT2D eigenvalue weighted by atomic mass is 10.1. The van der Waals surface area contributed by atoms with Gasteiger partial charge in [0.15, 0.2) is 5.94 Å². The number of ether oxygens (including phenoxy) is 1. The summed E-state index contributed by atoms with van der Waals surface area (Å²) in [6, 6.07) is 6.18. The lowest BCUT2D eigenvalue weighted by Crippen LogP contribution is -2.43. The molecule has 2 aliphatic rings. The fourth-order valence-electron chi connectivity index (χ4n) is 3.16. The number of piperidine rings is 1. The standard InChI is InChI=1S/C16H19ClN2O2/c17-6-8-21-16-5-1-4-13-14(16)10-19(15(13)11-20)12-3-2-7-18-9-12/h1,4-5,12,18H,2-3,6-10H2. The number of nitrogens with zero attached hydrogens (tertiary/aromatic N) is 1. The Kier molecular flexibility index (Phi) is 4.49. The van der Waals surface area contributed by atoms with E-state index in [2.05, 4.69) is 16.2 Å². The minimum Gasteiger partial charge on any atom is -0.492 e. The normalized spacial score (nSPS) is 21.1. The fraction of sp³-hybridized carbons (Fsp3) is 0.500. The summed E-state index contributed by atoms with van der Waals surface area (Å²) >= 11 is 5.70. The first-order valence-corrected chi connectivity index (χ1v) is 7.92. The Bertz CT molecular complexity index is 563. The highest BCUT2D eigenvalue weighted by Gasteiger charge is 2.33. The van der Waals surface area contributed by atoms with Gasteiger partial charge in [-0.1, -0.05) is 12.1 Å². The third-order valence-electron chi connectivity index (χ3n) is 4.15. The van der Waals surface area contributed by atoms with Crippen molar-refractivity contribution in [1.82, 2.24) is 10.2 Å². The average Bonchev–Trinajstić information content (AvgIpc) is 2.92. The van der Waals surface area contributed by atoms with Crippen molar-refractivity contribution in [3.63, 3.8) is 0 Å². The average molecular weight is 307 g/mol. The molecule has 0 saturated carbocycles. The van der Waals surface area contributed by atoms with Crippen molar-refractivity contribution in [1.29, 1.82) is 0 Å². The van der Waals surface area contributed by atoms with E-state index in [0.29, 0.717) is 30.8 Å². The Labute approximate surface area is 129 Å². The molecule has 0 aromatic heterocycles. The van der Waals surface area contributed by atoms with E-state index in [9.17, 15) is 4.79 Å². The third-order valence-corrected chi connectivity index (χ3v) is 4.30. The molecule has 0 radical (unpaired) electrons. The molecule has 0 amide bonds. The zero-order valence-electron chi connectivity index (χ0n) is 11.9.